The van der Waals surface area contributed by atoms with Crippen LogP contribution in [-0.2, 0) is 9.59 Å². The van der Waals surface area contributed by atoms with Crippen LogP contribution in [0.1, 0.15) is 26.7 Å². The largest absolute Gasteiger partial charge is 0.481 e. The standard InChI is InChI=1S/C11H21N3O4/c1-3-8(5-10(16)17)6-13-11(18)14(4-2)7-9(12)15/h8H,3-7H2,1-2H3,(H2,12,15)(H,13,18)(H,16,17). The minimum atomic E-state index is -0.888. The fourth-order valence-corrected chi connectivity index (χ4v) is 1.47. The molecule has 7 nitrogen and oxygen atoms in total. The lowest BCUT2D eigenvalue weighted by atomic mass is 10.0. The normalized spacial score (nSPS) is 11.7. The summed E-state index contributed by atoms with van der Waals surface area (Å²) in [6.07, 6.45) is 0.674. The predicted octanol–water partition coefficient (Wildman–Crippen LogP) is 0.00410. The number of aliphatic carboxylic acids is 1. The van der Waals surface area contributed by atoms with Crippen molar-refractivity contribution in [2.45, 2.75) is 26.7 Å². The summed E-state index contributed by atoms with van der Waals surface area (Å²) >= 11 is 0. The minimum Gasteiger partial charge on any atom is -0.481 e. The fraction of sp³-hybridized carbons (Fsp3) is 0.727. The number of carboxylic acids is 1. The molecule has 4 N–H and O–H groups in total. The molecular formula is C11H21N3O4. The Bertz CT molecular complexity index is 307. The summed E-state index contributed by atoms with van der Waals surface area (Å²) in [6.45, 7) is 4.09. The number of nitrogens with two attached hydrogens (primary N) is 1. The summed E-state index contributed by atoms with van der Waals surface area (Å²) in [6, 6.07) is -0.403. The van der Waals surface area contributed by atoms with E-state index in [1.807, 2.05) is 6.92 Å². The molecule has 0 aliphatic carbocycles. The average Bonchev–Trinajstić information content (AvgIpc) is 2.30. The second kappa shape index (κ2) is 8.32. The quantitative estimate of drug-likeness (QED) is 0.569. The highest BCUT2D eigenvalue weighted by atomic mass is 16.4. The molecule has 0 spiro atoms. The van der Waals surface area contributed by atoms with E-state index < -0.39 is 17.9 Å². The number of hydrogen-bond donors (Lipinski definition) is 3. The van der Waals surface area contributed by atoms with E-state index in [2.05, 4.69) is 5.32 Å². The van der Waals surface area contributed by atoms with Crippen molar-refractivity contribution >= 4 is 17.9 Å². The Morgan fingerprint density at radius 2 is 1.94 bits per heavy atom. The first-order chi connectivity index (χ1) is 8.40. The van der Waals surface area contributed by atoms with Gasteiger partial charge < -0.3 is 21.1 Å². The Balaban J connectivity index is 4.20. The van der Waals surface area contributed by atoms with Crippen molar-refractivity contribution in [3.63, 3.8) is 0 Å². The summed E-state index contributed by atoms with van der Waals surface area (Å²) in [7, 11) is 0. The van der Waals surface area contributed by atoms with Gasteiger partial charge in [-0.3, -0.25) is 9.59 Å². The number of nitrogens with zero attached hydrogens (tertiary/aromatic N) is 1. The molecule has 0 heterocycles. The van der Waals surface area contributed by atoms with Crippen molar-refractivity contribution in [2.75, 3.05) is 19.6 Å². The molecule has 104 valence electrons. The van der Waals surface area contributed by atoms with Crippen molar-refractivity contribution in [1.82, 2.24) is 10.2 Å². The maximum Gasteiger partial charge on any atom is 0.317 e. The molecule has 18 heavy (non-hydrogen) atoms. The molecule has 0 rings (SSSR count). The summed E-state index contributed by atoms with van der Waals surface area (Å²) in [5, 5.41) is 11.3. The third-order valence-corrected chi connectivity index (χ3v) is 2.60. The topological polar surface area (TPSA) is 113 Å². The van der Waals surface area contributed by atoms with E-state index in [4.69, 9.17) is 10.8 Å². The number of amides is 3. The van der Waals surface area contributed by atoms with Gasteiger partial charge in [-0.1, -0.05) is 13.3 Å². The first-order valence-electron chi connectivity index (χ1n) is 5.93. The first-order valence-corrected chi connectivity index (χ1v) is 5.93. The molecule has 1 atom stereocenters. The molecule has 0 aromatic rings. The van der Waals surface area contributed by atoms with Crippen LogP contribution in [0.25, 0.3) is 0 Å². The van der Waals surface area contributed by atoms with E-state index in [1.54, 1.807) is 6.92 Å². The molecule has 3 amide bonds. The van der Waals surface area contributed by atoms with E-state index in [0.29, 0.717) is 13.0 Å². The van der Waals surface area contributed by atoms with Crippen LogP contribution in [0.5, 0.6) is 0 Å². The molecule has 1 unspecified atom stereocenters. The van der Waals surface area contributed by atoms with Crippen molar-refractivity contribution in [2.24, 2.45) is 11.7 Å². The van der Waals surface area contributed by atoms with Gasteiger partial charge in [-0.25, -0.2) is 4.79 Å². The van der Waals surface area contributed by atoms with Crippen LogP contribution < -0.4 is 11.1 Å². The molecule has 0 aromatic carbocycles. The van der Waals surface area contributed by atoms with Gasteiger partial charge in [0.25, 0.3) is 0 Å². The Morgan fingerprint density at radius 3 is 2.33 bits per heavy atom. The molecular weight excluding hydrogens is 238 g/mol. The Morgan fingerprint density at radius 1 is 1.33 bits per heavy atom. The van der Waals surface area contributed by atoms with Gasteiger partial charge in [0.15, 0.2) is 0 Å². The highest BCUT2D eigenvalue weighted by Gasteiger charge is 2.16. The third-order valence-electron chi connectivity index (χ3n) is 2.60. The lowest BCUT2D eigenvalue weighted by Crippen LogP contribution is -2.45. The number of carbonyl (C=O) groups excluding carboxylic acids is 2. The van der Waals surface area contributed by atoms with Gasteiger partial charge >= 0.3 is 12.0 Å². The minimum absolute atomic E-state index is 0.0126. The maximum absolute atomic E-state index is 11.7. The smallest absolute Gasteiger partial charge is 0.317 e. The Kier molecular flexibility index (Phi) is 7.50. The van der Waals surface area contributed by atoms with Gasteiger partial charge in [-0.15, -0.1) is 0 Å². The van der Waals surface area contributed by atoms with Gasteiger partial charge in [-0.2, -0.15) is 0 Å². The van der Waals surface area contributed by atoms with Crippen LogP contribution in [0.15, 0.2) is 0 Å². The van der Waals surface area contributed by atoms with Gasteiger partial charge in [0.1, 0.15) is 6.54 Å². The fourth-order valence-electron chi connectivity index (χ4n) is 1.47. The molecule has 0 aliphatic rings. The van der Waals surface area contributed by atoms with E-state index >= 15 is 0 Å². The number of carbonyl (C=O) groups is 3. The van der Waals surface area contributed by atoms with E-state index in [1.165, 1.54) is 4.90 Å². The number of likely N-dealkylation sites (N-methyl/N-ethyl adjacent to an activating group) is 1. The molecule has 0 aliphatic heterocycles. The molecule has 0 saturated carbocycles. The van der Waals surface area contributed by atoms with Crippen molar-refractivity contribution in [3.05, 3.63) is 0 Å². The zero-order chi connectivity index (χ0) is 14.1. The van der Waals surface area contributed by atoms with Gasteiger partial charge in [0.2, 0.25) is 5.91 Å². The first kappa shape index (κ1) is 16.2. The number of rotatable bonds is 8. The Labute approximate surface area is 106 Å². The highest BCUT2D eigenvalue weighted by Crippen LogP contribution is 2.06. The van der Waals surface area contributed by atoms with Crippen molar-refractivity contribution in [3.8, 4) is 0 Å². The molecule has 0 fully saturated rings. The number of primary amides is 1. The molecule has 7 heteroatoms. The maximum atomic E-state index is 11.7. The second-order valence-electron chi connectivity index (χ2n) is 4.04. The second-order valence-corrected chi connectivity index (χ2v) is 4.04. The zero-order valence-corrected chi connectivity index (χ0v) is 10.8. The summed E-state index contributed by atoms with van der Waals surface area (Å²) in [5.41, 5.74) is 5.02. The summed E-state index contributed by atoms with van der Waals surface area (Å²) in [4.78, 5) is 34.2. The van der Waals surface area contributed by atoms with E-state index in [9.17, 15) is 14.4 Å². The van der Waals surface area contributed by atoms with Gasteiger partial charge in [-0.05, 0) is 12.8 Å². The number of urea groups is 1. The lowest BCUT2D eigenvalue weighted by Gasteiger charge is -2.21. The zero-order valence-electron chi connectivity index (χ0n) is 10.8. The van der Waals surface area contributed by atoms with Crippen LogP contribution in [0.4, 0.5) is 4.79 Å². The lowest BCUT2D eigenvalue weighted by molar-refractivity contribution is -0.138. The van der Waals surface area contributed by atoms with Crippen molar-refractivity contribution < 1.29 is 19.5 Å². The van der Waals surface area contributed by atoms with E-state index in [-0.39, 0.29) is 25.4 Å². The Hall–Kier alpha value is -1.79. The number of nitrogens with one attached hydrogen (secondary N) is 1. The predicted molar refractivity (Wildman–Crippen MR) is 65.9 cm³/mol. The summed E-state index contributed by atoms with van der Waals surface area (Å²) in [5.74, 6) is -1.58. The molecule has 0 bridgehead atoms. The molecule has 0 saturated heterocycles. The van der Waals surface area contributed by atoms with Crippen LogP contribution in [0.2, 0.25) is 0 Å². The highest BCUT2D eigenvalue weighted by molar-refractivity contribution is 5.82. The van der Waals surface area contributed by atoms with Crippen molar-refractivity contribution in [1.29, 1.82) is 0 Å². The SMILES string of the molecule is CCC(CNC(=O)N(CC)CC(N)=O)CC(=O)O. The van der Waals surface area contributed by atoms with Crippen LogP contribution in [-0.4, -0.2) is 47.5 Å². The van der Waals surface area contributed by atoms with Crippen LogP contribution in [0, 0.1) is 5.92 Å². The van der Waals surface area contributed by atoms with Gasteiger partial charge in [0.05, 0.1) is 0 Å². The van der Waals surface area contributed by atoms with Gasteiger partial charge in [0, 0.05) is 19.5 Å². The number of hydrogen-bond acceptors (Lipinski definition) is 3. The molecule has 0 aromatic heterocycles. The van der Waals surface area contributed by atoms with Crippen LogP contribution >= 0.6 is 0 Å². The summed E-state index contributed by atoms with van der Waals surface area (Å²) < 4.78 is 0. The van der Waals surface area contributed by atoms with E-state index in [0.717, 1.165) is 0 Å². The molecule has 0 radical (unpaired) electrons. The monoisotopic (exact) mass is 259 g/mol. The average molecular weight is 259 g/mol. The third kappa shape index (κ3) is 6.72. The van der Waals surface area contributed by atoms with Crippen LogP contribution in [0.3, 0.4) is 0 Å². The number of carboxylic acid groups (broad SMARTS) is 1.